The molecule has 0 bridgehead atoms. The zero-order valence-electron chi connectivity index (χ0n) is 24.3. The highest BCUT2D eigenvalue weighted by atomic mass is 16.4. The van der Waals surface area contributed by atoms with Gasteiger partial charge in [0.25, 0.3) is 5.91 Å². The average molecular weight is 576 g/mol. The van der Waals surface area contributed by atoms with Crippen molar-refractivity contribution in [1.82, 2.24) is 4.98 Å². The van der Waals surface area contributed by atoms with Crippen LogP contribution in [0.25, 0.3) is 0 Å². The maximum Gasteiger partial charge on any atom is 0.260 e. The van der Waals surface area contributed by atoms with Gasteiger partial charge < -0.3 is 9.73 Å². The minimum Gasteiger partial charge on any atom is -0.423 e. The first-order valence-corrected chi connectivity index (χ1v) is 15.5. The molecule has 2 saturated carbocycles. The van der Waals surface area contributed by atoms with E-state index in [1.807, 2.05) is 24.3 Å². The van der Waals surface area contributed by atoms with Crippen molar-refractivity contribution in [2.24, 2.45) is 0 Å². The van der Waals surface area contributed by atoms with E-state index in [9.17, 15) is 14.4 Å². The van der Waals surface area contributed by atoms with Crippen LogP contribution in [0.5, 0.6) is 0 Å². The molecule has 7 nitrogen and oxygen atoms in total. The van der Waals surface area contributed by atoms with Gasteiger partial charge >= 0.3 is 0 Å². The van der Waals surface area contributed by atoms with E-state index >= 15 is 0 Å². The number of pyridine rings is 1. The van der Waals surface area contributed by atoms with Gasteiger partial charge in [-0.1, -0.05) is 99.2 Å². The summed E-state index contributed by atoms with van der Waals surface area (Å²) in [6.45, 7) is 0. The first-order valence-electron chi connectivity index (χ1n) is 15.5. The molecule has 6 rings (SSSR count). The fourth-order valence-electron chi connectivity index (χ4n) is 6.41. The van der Waals surface area contributed by atoms with E-state index in [0.717, 1.165) is 57.8 Å². The minimum absolute atomic E-state index is 0.105. The number of benzene rings is 2. The van der Waals surface area contributed by atoms with Crippen molar-refractivity contribution in [3.05, 3.63) is 113 Å². The molecule has 2 heterocycles. The average Bonchev–Trinajstić information content (AvgIpc) is 3.44. The lowest BCUT2D eigenvalue weighted by Crippen LogP contribution is -2.42. The molecule has 2 fully saturated rings. The van der Waals surface area contributed by atoms with Gasteiger partial charge in [-0.25, -0.2) is 0 Å². The second kappa shape index (κ2) is 13.2. The van der Waals surface area contributed by atoms with Gasteiger partial charge in [0.05, 0.1) is 5.56 Å². The molecule has 220 valence electrons. The lowest BCUT2D eigenvalue weighted by atomic mass is 9.91. The van der Waals surface area contributed by atoms with Crippen molar-refractivity contribution >= 4 is 29.2 Å². The third kappa shape index (κ3) is 6.17. The van der Waals surface area contributed by atoms with Crippen LogP contribution >= 0.6 is 0 Å². The Labute approximate surface area is 252 Å². The smallest absolute Gasteiger partial charge is 0.260 e. The standard InChI is InChI=1S/C36H37N3O4/c40-32(25-13-5-1-6-14-25)30-31(33(41)26-15-7-2-8-16-26)36(43-34(30)38-28-17-9-3-10-18-28)39(29-19-11-4-12-20-29)35(42)27-21-23-37-24-22-27/h1-2,5-8,13-16,21-24,28-29,38H,3-4,9-12,17-20H2. The molecule has 0 radical (unpaired) electrons. The topological polar surface area (TPSA) is 92.5 Å². The Morgan fingerprint density at radius 1 is 0.651 bits per heavy atom. The molecule has 0 saturated heterocycles. The number of rotatable bonds is 9. The lowest BCUT2D eigenvalue weighted by Gasteiger charge is -2.33. The summed E-state index contributed by atoms with van der Waals surface area (Å²) in [6.07, 6.45) is 13.0. The van der Waals surface area contributed by atoms with E-state index in [1.165, 1.54) is 6.42 Å². The Kier molecular flexibility index (Phi) is 8.77. The summed E-state index contributed by atoms with van der Waals surface area (Å²) in [7, 11) is 0. The predicted molar refractivity (Wildman–Crippen MR) is 167 cm³/mol. The van der Waals surface area contributed by atoms with Crippen LogP contribution in [0.15, 0.2) is 89.6 Å². The number of ketones is 2. The van der Waals surface area contributed by atoms with E-state index in [2.05, 4.69) is 10.3 Å². The van der Waals surface area contributed by atoms with E-state index in [1.54, 1.807) is 65.8 Å². The first-order chi connectivity index (χ1) is 21.1. The highest BCUT2D eigenvalue weighted by Crippen LogP contribution is 2.41. The van der Waals surface area contributed by atoms with E-state index < -0.39 is 0 Å². The van der Waals surface area contributed by atoms with E-state index in [0.29, 0.717) is 16.7 Å². The number of carbonyl (C=O) groups excluding carboxylic acids is 3. The van der Waals surface area contributed by atoms with E-state index in [4.69, 9.17) is 4.42 Å². The minimum atomic E-state index is -0.348. The van der Waals surface area contributed by atoms with Gasteiger partial charge in [-0.2, -0.15) is 0 Å². The van der Waals surface area contributed by atoms with E-state index in [-0.39, 0.29) is 52.5 Å². The molecule has 2 aromatic heterocycles. The quantitative estimate of drug-likeness (QED) is 0.204. The number of carbonyl (C=O) groups is 3. The van der Waals surface area contributed by atoms with Gasteiger partial charge in [0, 0.05) is 41.2 Å². The maximum atomic E-state index is 14.5. The maximum absolute atomic E-state index is 14.5. The molecule has 2 aliphatic rings. The number of amides is 1. The zero-order chi connectivity index (χ0) is 29.6. The van der Waals surface area contributed by atoms with Crippen LogP contribution in [0.3, 0.4) is 0 Å². The third-order valence-corrected chi connectivity index (χ3v) is 8.66. The Hall–Kier alpha value is -4.52. The predicted octanol–water partition coefficient (Wildman–Crippen LogP) is 7.86. The number of hydrogen-bond acceptors (Lipinski definition) is 6. The Balaban J connectivity index is 1.58. The van der Waals surface area contributed by atoms with Crippen molar-refractivity contribution < 1.29 is 18.8 Å². The summed E-state index contributed by atoms with van der Waals surface area (Å²) in [4.78, 5) is 48.9. The molecule has 0 unspecified atom stereocenters. The normalized spacial score (nSPS) is 16.0. The van der Waals surface area contributed by atoms with Crippen LogP contribution in [0, 0.1) is 0 Å². The van der Waals surface area contributed by atoms with Gasteiger partial charge in [0.15, 0.2) is 11.6 Å². The number of hydrogen-bond donors (Lipinski definition) is 1. The van der Waals surface area contributed by atoms with Crippen LogP contribution in [0.2, 0.25) is 0 Å². The number of nitrogens with zero attached hydrogens (tertiary/aromatic N) is 2. The number of furan rings is 1. The largest absolute Gasteiger partial charge is 0.423 e. The van der Waals surface area contributed by atoms with Gasteiger partial charge in [0.2, 0.25) is 11.8 Å². The molecular formula is C36H37N3O4. The second-order valence-corrected chi connectivity index (χ2v) is 11.6. The molecule has 0 atom stereocenters. The molecule has 0 aliphatic heterocycles. The third-order valence-electron chi connectivity index (χ3n) is 8.66. The highest BCUT2D eigenvalue weighted by Gasteiger charge is 2.39. The van der Waals surface area contributed by atoms with Crippen molar-refractivity contribution in [1.29, 1.82) is 0 Å². The van der Waals surface area contributed by atoms with Gasteiger partial charge in [-0.3, -0.25) is 24.3 Å². The molecule has 1 amide bonds. The van der Waals surface area contributed by atoms with Gasteiger partial charge in [0.1, 0.15) is 5.56 Å². The molecule has 43 heavy (non-hydrogen) atoms. The molecule has 0 spiro atoms. The van der Waals surface area contributed by atoms with Crippen molar-refractivity contribution in [2.45, 2.75) is 76.3 Å². The van der Waals surface area contributed by atoms with Crippen LogP contribution in [0.4, 0.5) is 11.8 Å². The Morgan fingerprint density at radius 2 is 1.19 bits per heavy atom. The molecule has 7 heteroatoms. The summed E-state index contributed by atoms with van der Waals surface area (Å²) in [5.41, 5.74) is 1.65. The molecule has 2 aromatic carbocycles. The summed E-state index contributed by atoms with van der Waals surface area (Å²) < 4.78 is 6.63. The molecule has 2 aliphatic carbocycles. The van der Waals surface area contributed by atoms with Crippen molar-refractivity contribution in [3.8, 4) is 0 Å². The number of anilines is 2. The summed E-state index contributed by atoms with van der Waals surface area (Å²) in [5.74, 6) is -0.529. The van der Waals surface area contributed by atoms with Crippen molar-refractivity contribution in [3.63, 3.8) is 0 Å². The number of aromatic nitrogens is 1. The fourth-order valence-corrected chi connectivity index (χ4v) is 6.41. The zero-order valence-corrected chi connectivity index (χ0v) is 24.3. The molecule has 4 aromatic rings. The summed E-state index contributed by atoms with van der Waals surface area (Å²) >= 11 is 0. The van der Waals surface area contributed by atoms with Crippen LogP contribution in [-0.2, 0) is 0 Å². The van der Waals surface area contributed by atoms with Crippen LogP contribution in [0.1, 0.15) is 106 Å². The first kappa shape index (κ1) is 28.6. The Morgan fingerprint density at radius 3 is 1.77 bits per heavy atom. The monoisotopic (exact) mass is 575 g/mol. The summed E-state index contributed by atoms with van der Waals surface area (Å²) in [6, 6.07) is 21.2. The van der Waals surface area contributed by atoms with Crippen LogP contribution in [-0.4, -0.2) is 34.5 Å². The second-order valence-electron chi connectivity index (χ2n) is 11.6. The van der Waals surface area contributed by atoms with Crippen molar-refractivity contribution in [2.75, 3.05) is 10.2 Å². The fraction of sp³-hybridized carbons (Fsp3) is 0.333. The molecule has 1 N–H and O–H groups in total. The highest BCUT2D eigenvalue weighted by molar-refractivity contribution is 6.25. The molecular weight excluding hydrogens is 538 g/mol. The summed E-state index contributed by atoms with van der Waals surface area (Å²) in [5, 5.41) is 3.52. The SMILES string of the molecule is O=C(c1ccccc1)c1c(NC2CCCCC2)oc(N(C(=O)c2ccncc2)C2CCCCC2)c1C(=O)c1ccccc1. The Bertz CT molecular complexity index is 1550. The van der Waals surface area contributed by atoms with Gasteiger partial charge in [-0.05, 0) is 37.8 Å². The number of nitrogens with one attached hydrogen (secondary N) is 1. The van der Waals surface area contributed by atoms with Crippen LogP contribution < -0.4 is 10.2 Å². The lowest BCUT2D eigenvalue weighted by molar-refractivity contribution is 0.0963. The van der Waals surface area contributed by atoms with Gasteiger partial charge in [-0.15, -0.1) is 0 Å².